The molecule has 4 nitrogen and oxygen atoms in total. The summed E-state index contributed by atoms with van der Waals surface area (Å²) in [6, 6.07) is 0. The van der Waals surface area contributed by atoms with Crippen molar-refractivity contribution in [3.8, 4) is 0 Å². The maximum absolute atomic E-state index is 11.4. The lowest BCUT2D eigenvalue weighted by Crippen LogP contribution is -2.50. The number of esters is 1. The molecule has 0 radical (unpaired) electrons. The third-order valence-electron chi connectivity index (χ3n) is 2.28. The van der Waals surface area contributed by atoms with Crippen LogP contribution in [0.3, 0.4) is 0 Å². The molecule has 1 aliphatic heterocycles. The molecule has 4 heteroatoms. The minimum absolute atomic E-state index is 0.0791. The molecule has 0 aromatic carbocycles. The number of hydrogen-bond acceptors (Lipinski definition) is 3. The minimum Gasteiger partial charge on any atom is -0.460 e. The summed E-state index contributed by atoms with van der Waals surface area (Å²) in [6.45, 7) is 8.49. The Labute approximate surface area is 90.6 Å². The molecule has 1 fully saturated rings. The van der Waals surface area contributed by atoms with E-state index in [9.17, 15) is 9.59 Å². The molecule has 1 amide bonds. The van der Waals surface area contributed by atoms with Crippen LogP contribution in [-0.4, -0.2) is 35.5 Å². The first-order chi connectivity index (χ1) is 6.78. The van der Waals surface area contributed by atoms with Gasteiger partial charge in [0.1, 0.15) is 5.60 Å². The predicted molar refractivity (Wildman–Crippen MR) is 56.2 cm³/mol. The highest BCUT2D eigenvalue weighted by Gasteiger charge is 2.31. The quantitative estimate of drug-likeness (QED) is 0.647. The summed E-state index contributed by atoms with van der Waals surface area (Å²) in [5, 5.41) is 0. The van der Waals surface area contributed by atoms with Gasteiger partial charge in [-0.3, -0.25) is 9.59 Å². The number of carbonyl (C=O) groups excluding carboxylic acids is 2. The van der Waals surface area contributed by atoms with E-state index in [0.717, 1.165) is 0 Å². The lowest BCUT2D eigenvalue weighted by atomic mass is 9.96. The first kappa shape index (κ1) is 12.0. The highest BCUT2D eigenvalue weighted by molar-refractivity contribution is 5.75. The van der Waals surface area contributed by atoms with Gasteiger partial charge in [0.25, 0.3) is 0 Å². The van der Waals surface area contributed by atoms with E-state index >= 15 is 0 Å². The van der Waals surface area contributed by atoms with E-state index in [1.54, 1.807) is 11.8 Å². The van der Waals surface area contributed by atoms with Crippen molar-refractivity contribution in [3.63, 3.8) is 0 Å². The molecular formula is C11H19NO3. The summed E-state index contributed by atoms with van der Waals surface area (Å²) < 4.78 is 5.20. The zero-order valence-corrected chi connectivity index (χ0v) is 9.87. The summed E-state index contributed by atoms with van der Waals surface area (Å²) in [4.78, 5) is 24.0. The zero-order chi connectivity index (χ0) is 11.6. The molecule has 15 heavy (non-hydrogen) atoms. The summed E-state index contributed by atoms with van der Waals surface area (Å²) >= 11 is 0. The molecule has 0 aliphatic carbocycles. The summed E-state index contributed by atoms with van der Waals surface area (Å²) in [5.74, 6) is 0.190. The van der Waals surface area contributed by atoms with Gasteiger partial charge >= 0.3 is 5.97 Å². The maximum Gasteiger partial charge on any atom is 0.306 e. The van der Waals surface area contributed by atoms with Crippen molar-refractivity contribution < 1.29 is 14.3 Å². The number of rotatable bonds is 2. The fourth-order valence-electron chi connectivity index (χ4n) is 1.57. The Morgan fingerprint density at radius 2 is 1.87 bits per heavy atom. The van der Waals surface area contributed by atoms with E-state index in [4.69, 9.17) is 4.74 Å². The summed E-state index contributed by atoms with van der Waals surface area (Å²) in [6.07, 6.45) is 0.418. The molecule has 0 atom stereocenters. The largest absolute Gasteiger partial charge is 0.460 e. The van der Waals surface area contributed by atoms with E-state index in [1.165, 1.54) is 0 Å². The number of ether oxygens (including phenoxy) is 1. The van der Waals surface area contributed by atoms with E-state index in [0.29, 0.717) is 19.5 Å². The fourth-order valence-corrected chi connectivity index (χ4v) is 1.57. The lowest BCUT2D eigenvalue weighted by molar-refractivity contribution is -0.158. The van der Waals surface area contributed by atoms with Crippen LogP contribution in [0.2, 0.25) is 0 Å². The average Bonchev–Trinajstić information content (AvgIpc) is 1.91. The van der Waals surface area contributed by atoms with Crippen LogP contribution in [-0.2, 0) is 14.3 Å². The molecule has 0 aromatic rings. The second-order valence-electron chi connectivity index (χ2n) is 5.08. The van der Waals surface area contributed by atoms with Gasteiger partial charge in [-0.05, 0) is 20.8 Å². The molecule has 1 rings (SSSR count). The van der Waals surface area contributed by atoms with Crippen LogP contribution in [0, 0.1) is 5.92 Å². The first-order valence-corrected chi connectivity index (χ1v) is 5.25. The minimum atomic E-state index is -0.416. The highest BCUT2D eigenvalue weighted by Crippen LogP contribution is 2.20. The van der Waals surface area contributed by atoms with Crippen LogP contribution in [0.25, 0.3) is 0 Å². The first-order valence-electron chi connectivity index (χ1n) is 5.25. The molecular weight excluding hydrogens is 194 g/mol. The Kier molecular flexibility index (Phi) is 3.37. The zero-order valence-electron chi connectivity index (χ0n) is 9.87. The van der Waals surface area contributed by atoms with E-state index < -0.39 is 5.60 Å². The number of hydrogen-bond donors (Lipinski definition) is 0. The van der Waals surface area contributed by atoms with Crippen molar-refractivity contribution in [1.29, 1.82) is 0 Å². The van der Waals surface area contributed by atoms with Gasteiger partial charge in [0, 0.05) is 25.9 Å². The summed E-state index contributed by atoms with van der Waals surface area (Å²) in [5.41, 5.74) is -0.416. The molecule has 0 spiro atoms. The van der Waals surface area contributed by atoms with Gasteiger partial charge in [-0.2, -0.15) is 0 Å². The Bertz CT molecular complexity index is 261. The molecule has 0 N–H and O–H groups in total. The number of likely N-dealkylation sites (tertiary alicyclic amines) is 1. The average molecular weight is 213 g/mol. The van der Waals surface area contributed by atoms with Gasteiger partial charge in [0.05, 0.1) is 6.42 Å². The monoisotopic (exact) mass is 213 g/mol. The van der Waals surface area contributed by atoms with E-state index in [-0.39, 0.29) is 17.8 Å². The van der Waals surface area contributed by atoms with Gasteiger partial charge in [-0.1, -0.05) is 0 Å². The van der Waals surface area contributed by atoms with Gasteiger partial charge in [0.15, 0.2) is 0 Å². The van der Waals surface area contributed by atoms with Crippen molar-refractivity contribution in [2.45, 2.75) is 39.7 Å². The number of amides is 1. The SMILES string of the molecule is CC(=O)N1CC(CC(=O)OC(C)(C)C)C1. The Morgan fingerprint density at radius 3 is 2.27 bits per heavy atom. The van der Waals surface area contributed by atoms with Crippen LogP contribution in [0.1, 0.15) is 34.1 Å². The van der Waals surface area contributed by atoms with Crippen LogP contribution in [0.15, 0.2) is 0 Å². The molecule has 1 saturated heterocycles. The van der Waals surface area contributed by atoms with Crippen molar-refractivity contribution >= 4 is 11.9 Å². The third-order valence-corrected chi connectivity index (χ3v) is 2.28. The fraction of sp³-hybridized carbons (Fsp3) is 0.818. The maximum atomic E-state index is 11.4. The summed E-state index contributed by atoms with van der Waals surface area (Å²) in [7, 11) is 0. The second kappa shape index (κ2) is 4.21. The van der Waals surface area contributed by atoms with Gasteiger partial charge in [-0.15, -0.1) is 0 Å². The van der Waals surface area contributed by atoms with Crippen molar-refractivity contribution in [3.05, 3.63) is 0 Å². The Balaban J connectivity index is 2.22. The van der Waals surface area contributed by atoms with Crippen molar-refractivity contribution in [1.82, 2.24) is 4.90 Å². The third kappa shape index (κ3) is 3.90. The normalized spacial score (nSPS) is 17.2. The standard InChI is InChI=1S/C11H19NO3/c1-8(13)12-6-9(7-12)5-10(14)15-11(2,3)4/h9H,5-7H2,1-4H3. The van der Waals surface area contributed by atoms with Gasteiger partial charge in [0.2, 0.25) is 5.91 Å². The highest BCUT2D eigenvalue weighted by atomic mass is 16.6. The van der Waals surface area contributed by atoms with E-state index in [2.05, 4.69) is 0 Å². The molecule has 86 valence electrons. The molecule has 1 aliphatic rings. The van der Waals surface area contributed by atoms with Gasteiger partial charge < -0.3 is 9.64 Å². The Morgan fingerprint density at radius 1 is 1.33 bits per heavy atom. The predicted octanol–water partition coefficient (Wildman–Crippen LogP) is 1.20. The van der Waals surface area contributed by atoms with Gasteiger partial charge in [-0.25, -0.2) is 0 Å². The number of carbonyl (C=O) groups is 2. The van der Waals surface area contributed by atoms with Crippen molar-refractivity contribution in [2.24, 2.45) is 5.92 Å². The molecule has 1 heterocycles. The van der Waals surface area contributed by atoms with Crippen molar-refractivity contribution in [2.75, 3.05) is 13.1 Å². The van der Waals surface area contributed by atoms with Crippen LogP contribution in [0.4, 0.5) is 0 Å². The Hall–Kier alpha value is -1.06. The second-order valence-corrected chi connectivity index (χ2v) is 5.08. The van der Waals surface area contributed by atoms with Crippen LogP contribution < -0.4 is 0 Å². The lowest BCUT2D eigenvalue weighted by Gasteiger charge is -2.38. The molecule has 0 unspecified atom stereocenters. The van der Waals surface area contributed by atoms with Crippen LogP contribution in [0.5, 0.6) is 0 Å². The molecule has 0 bridgehead atoms. The van der Waals surface area contributed by atoms with Crippen LogP contribution >= 0.6 is 0 Å². The molecule has 0 aromatic heterocycles. The number of nitrogens with zero attached hydrogens (tertiary/aromatic N) is 1. The van der Waals surface area contributed by atoms with E-state index in [1.807, 2.05) is 20.8 Å². The molecule has 0 saturated carbocycles. The smallest absolute Gasteiger partial charge is 0.306 e. The topological polar surface area (TPSA) is 46.6 Å².